The summed E-state index contributed by atoms with van der Waals surface area (Å²) in [5, 5.41) is 12.1. The zero-order valence-electron chi connectivity index (χ0n) is 8.58. The van der Waals surface area contributed by atoms with Crippen LogP contribution in [0, 0.1) is 17.2 Å². The normalized spacial score (nSPS) is 25.5. The SMILES string of the molecule is CC(C#N)CN(C)C1CCCNC1. The largest absolute Gasteiger partial charge is 0.315 e. The van der Waals surface area contributed by atoms with E-state index in [9.17, 15) is 0 Å². The van der Waals surface area contributed by atoms with Crippen LogP contribution in [0.1, 0.15) is 19.8 Å². The predicted molar refractivity (Wildman–Crippen MR) is 53.3 cm³/mol. The molecule has 0 bridgehead atoms. The molecule has 0 aromatic heterocycles. The van der Waals surface area contributed by atoms with E-state index in [4.69, 9.17) is 5.26 Å². The topological polar surface area (TPSA) is 39.1 Å². The van der Waals surface area contributed by atoms with Gasteiger partial charge >= 0.3 is 0 Å². The van der Waals surface area contributed by atoms with Crippen molar-refractivity contribution in [3.63, 3.8) is 0 Å². The van der Waals surface area contributed by atoms with Gasteiger partial charge in [-0.1, -0.05) is 0 Å². The second kappa shape index (κ2) is 5.21. The molecule has 74 valence electrons. The fourth-order valence-corrected chi connectivity index (χ4v) is 1.83. The van der Waals surface area contributed by atoms with Crippen molar-refractivity contribution >= 4 is 0 Å². The van der Waals surface area contributed by atoms with Crippen molar-refractivity contribution in [1.29, 1.82) is 5.26 Å². The van der Waals surface area contributed by atoms with Crippen LogP contribution in [0.3, 0.4) is 0 Å². The number of hydrogen-bond acceptors (Lipinski definition) is 3. The zero-order chi connectivity index (χ0) is 9.68. The first-order valence-electron chi connectivity index (χ1n) is 5.04. The highest BCUT2D eigenvalue weighted by atomic mass is 15.2. The highest BCUT2D eigenvalue weighted by Gasteiger charge is 2.18. The number of nitrogens with zero attached hydrogens (tertiary/aromatic N) is 2. The van der Waals surface area contributed by atoms with Gasteiger partial charge in [0.2, 0.25) is 0 Å². The van der Waals surface area contributed by atoms with Gasteiger partial charge in [-0.25, -0.2) is 0 Å². The third-order valence-corrected chi connectivity index (χ3v) is 2.68. The van der Waals surface area contributed by atoms with E-state index in [1.165, 1.54) is 12.8 Å². The molecule has 2 unspecified atom stereocenters. The lowest BCUT2D eigenvalue weighted by atomic mass is 10.1. The molecule has 1 aliphatic heterocycles. The quantitative estimate of drug-likeness (QED) is 0.701. The Hall–Kier alpha value is -0.590. The van der Waals surface area contributed by atoms with Crippen LogP contribution in [-0.4, -0.2) is 37.6 Å². The molecule has 2 atom stereocenters. The zero-order valence-corrected chi connectivity index (χ0v) is 8.58. The van der Waals surface area contributed by atoms with Crippen molar-refractivity contribution in [3.8, 4) is 6.07 Å². The summed E-state index contributed by atoms with van der Waals surface area (Å²) in [6.45, 7) is 5.10. The van der Waals surface area contributed by atoms with Crippen molar-refractivity contribution in [2.75, 3.05) is 26.7 Å². The molecule has 1 heterocycles. The van der Waals surface area contributed by atoms with Crippen LogP contribution in [0.2, 0.25) is 0 Å². The summed E-state index contributed by atoms with van der Waals surface area (Å²) >= 11 is 0. The lowest BCUT2D eigenvalue weighted by molar-refractivity contribution is 0.191. The first kappa shape index (κ1) is 10.5. The van der Waals surface area contributed by atoms with E-state index in [1.807, 2.05) is 6.92 Å². The van der Waals surface area contributed by atoms with Gasteiger partial charge in [-0.05, 0) is 33.4 Å². The third kappa shape index (κ3) is 3.33. The number of hydrogen-bond donors (Lipinski definition) is 1. The standard InChI is InChI=1S/C10H19N3/c1-9(6-11)8-13(2)10-4-3-5-12-7-10/h9-10,12H,3-5,7-8H2,1-2H3. The van der Waals surface area contributed by atoms with E-state index in [0.717, 1.165) is 19.6 Å². The summed E-state index contributed by atoms with van der Waals surface area (Å²) in [5.74, 6) is 0.145. The molecule has 1 fully saturated rings. The number of nitrogens with one attached hydrogen (secondary N) is 1. The number of rotatable bonds is 3. The van der Waals surface area contributed by atoms with Gasteiger partial charge in [0, 0.05) is 19.1 Å². The lowest BCUT2D eigenvalue weighted by Crippen LogP contribution is -2.45. The minimum Gasteiger partial charge on any atom is -0.315 e. The maximum atomic E-state index is 8.69. The van der Waals surface area contributed by atoms with Crippen LogP contribution in [0.15, 0.2) is 0 Å². The Morgan fingerprint density at radius 2 is 2.46 bits per heavy atom. The summed E-state index contributed by atoms with van der Waals surface area (Å²) in [4.78, 5) is 2.31. The summed E-state index contributed by atoms with van der Waals surface area (Å²) < 4.78 is 0. The summed E-state index contributed by atoms with van der Waals surface area (Å²) in [5.41, 5.74) is 0. The Balaban J connectivity index is 2.29. The monoisotopic (exact) mass is 181 g/mol. The Bertz CT molecular complexity index is 179. The first-order chi connectivity index (χ1) is 6.24. The van der Waals surface area contributed by atoms with Crippen molar-refractivity contribution in [2.45, 2.75) is 25.8 Å². The fraction of sp³-hybridized carbons (Fsp3) is 0.900. The minimum absolute atomic E-state index is 0.145. The first-order valence-corrected chi connectivity index (χ1v) is 5.04. The molecule has 0 saturated carbocycles. The second-order valence-corrected chi connectivity index (χ2v) is 3.97. The molecular formula is C10H19N3. The third-order valence-electron chi connectivity index (χ3n) is 2.68. The summed E-state index contributed by atoms with van der Waals surface area (Å²) in [7, 11) is 2.12. The van der Waals surface area contributed by atoms with Crippen molar-refractivity contribution in [1.82, 2.24) is 10.2 Å². The molecule has 0 aromatic rings. The Kier molecular flexibility index (Phi) is 4.20. The molecule has 0 radical (unpaired) electrons. The molecular weight excluding hydrogens is 162 g/mol. The van der Waals surface area contributed by atoms with Crippen molar-refractivity contribution in [2.24, 2.45) is 5.92 Å². The van der Waals surface area contributed by atoms with Gasteiger partial charge in [0.25, 0.3) is 0 Å². The van der Waals surface area contributed by atoms with Crippen LogP contribution in [0.4, 0.5) is 0 Å². The van der Waals surface area contributed by atoms with Crippen molar-refractivity contribution in [3.05, 3.63) is 0 Å². The van der Waals surface area contributed by atoms with E-state index in [2.05, 4.69) is 23.3 Å². The predicted octanol–water partition coefficient (Wildman–Crippen LogP) is 0.830. The number of nitriles is 1. The van der Waals surface area contributed by atoms with Crippen LogP contribution >= 0.6 is 0 Å². The minimum atomic E-state index is 0.145. The van der Waals surface area contributed by atoms with Gasteiger partial charge in [-0.15, -0.1) is 0 Å². The lowest BCUT2D eigenvalue weighted by Gasteiger charge is -2.32. The average molecular weight is 181 g/mol. The van der Waals surface area contributed by atoms with E-state index in [0.29, 0.717) is 6.04 Å². The van der Waals surface area contributed by atoms with Crippen molar-refractivity contribution < 1.29 is 0 Å². The molecule has 0 aliphatic carbocycles. The molecule has 1 saturated heterocycles. The van der Waals surface area contributed by atoms with Crippen LogP contribution < -0.4 is 5.32 Å². The van der Waals surface area contributed by atoms with Gasteiger partial charge < -0.3 is 10.2 Å². The van der Waals surface area contributed by atoms with Crippen LogP contribution in [0.25, 0.3) is 0 Å². The molecule has 1 aliphatic rings. The maximum absolute atomic E-state index is 8.69. The van der Waals surface area contributed by atoms with Gasteiger partial charge in [0.1, 0.15) is 0 Å². The molecule has 0 spiro atoms. The Morgan fingerprint density at radius 3 is 3.00 bits per heavy atom. The fourth-order valence-electron chi connectivity index (χ4n) is 1.83. The Labute approximate surface area is 80.7 Å². The molecule has 13 heavy (non-hydrogen) atoms. The number of likely N-dealkylation sites (N-methyl/N-ethyl adjacent to an activating group) is 1. The summed E-state index contributed by atoms with van der Waals surface area (Å²) in [6, 6.07) is 2.90. The van der Waals surface area contributed by atoms with E-state index in [1.54, 1.807) is 0 Å². The van der Waals surface area contributed by atoms with Gasteiger partial charge in [-0.3, -0.25) is 0 Å². The second-order valence-electron chi connectivity index (χ2n) is 3.97. The van der Waals surface area contributed by atoms with Gasteiger partial charge in [-0.2, -0.15) is 5.26 Å². The molecule has 1 rings (SSSR count). The van der Waals surface area contributed by atoms with E-state index in [-0.39, 0.29) is 5.92 Å². The average Bonchev–Trinajstić information content (AvgIpc) is 2.19. The van der Waals surface area contributed by atoms with Crippen LogP contribution in [-0.2, 0) is 0 Å². The molecule has 1 N–H and O–H groups in total. The van der Waals surface area contributed by atoms with Gasteiger partial charge in [0.05, 0.1) is 12.0 Å². The molecule has 3 heteroatoms. The molecule has 0 amide bonds. The van der Waals surface area contributed by atoms with E-state index >= 15 is 0 Å². The van der Waals surface area contributed by atoms with Gasteiger partial charge in [0.15, 0.2) is 0 Å². The molecule has 0 aromatic carbocycles. The highest BCUT2D eigenvalue weighted by Crippen LogP contribution is 2.09. The number of piperidine rings is 1. The van der Waals surface area contributed by atoms with E-state index < -0.39 is 0 Å². The molecule has 3 nitrogen and oxygen atoms in total. The van der Waals surface area contributed by atoms with Crippen LogP contribution in [0.5, 0.6) is 0 Å². The maximum Gasteiger partial charge on any atom is 0.0666 e. The summed E-state index contributed by atoms with van der Waals surface area (Å²) in [6.07, 6.45) is 2.53. The Morgan fingerprint density at radius 1 is 1.69 bits per heavy atom. The highest BCUT2D eigenvalue weighted by molar-refractivity contribution is 4.84. The smallest absolute Gasteiger partial charge is 0.0666 e.